The lowest BCUT2D eigenvalue weighted by atomic mass is 10.1. The third-order valence-corrected chi connectivity index (χ3v) is 3.25. The van der Waals surface area contributed by atoms with Crippen molar-refractivity contribution in [2.45, 2.75) is 31.3 Å². The lowest BCUT2D eigenvalue weighted by Crippen LogP contribution is -2.49. The highest BCUT2D eigenvalue weighted by molar-refractivity contribution is 5.89. The minimum atomic E-state index is -1.30. The Morgan fingerprint density at radius 3 is 2.56 bits per heavy atom. The zero-order valence-corrected chi connectivity index (χ0v) is 13.5. The van der Waals surface area contributed by atoms with Crippen molar-refractivity contribution in [2.75, 3.05) is 6.54 Å². The number of hydrogen-bond acceptors (Lipinski definition) is 6. The first-order valence-corrected chi connectivity index (χ1v) is 7.52. The number of amides is 3. The van der Waals surface area contributed by atoms with Crippen LogP contribution in [-0.2, 0) is 25.6 Å². The van der Waals surface area contributed by atoms with E-state index in [4.69, 9.17) is 16.6 Å². The van der Waals surface area contributed by atoms with Gasteiger partial charge in [0.05, 0.1) is 12.6 Å². The van der Waals surface area contributed by atoms with Crippen LogP contribution in [0.5, 0.6) is 0 Å². The van der Waals surface area contributed by atoms with E-state index in [1.54, 1.807) is 24.5 Å². The van der Waals surface area contributed by atoms with Gasteiger partial charge in [-0.15, -0.1) is 0 Å². The van der Waals surface area contributed by atoms with Crippen LogP contribution in [0.15, 0.2) is 24.5 Å². The van der Waals surface area contributed by atoms with Crippen LogP contribution in [0.1, 0.15) is 18.4 Å². The number of carbonyl (C=O) groups is 4. The smallest absolute Gasteiger partial charge is 0.326 e. The van der Waals surface area contributed by atoms with E-state index >= 15 is 0 Å². The number of nitrogens with two attached hydrogens (primary N) is 2. The van der Waals surface area contributed by atoms with Crippen molar-refractivity contribution < 1.29 is 24.3 Å². The molecule has 0 unspecified atom stereocenters. The van der Waals surface area contributed by atoms with Gasteiger partial charge in [0.1, 0.15) is 6.04 Å². The molecule has 0 fully saturated rings. The molecule has 136 valence electrons. The van der Waals surface area contributed by atoms with E-state index in [-0.39, 0.29) is 19.3 Å². The second-order valence-corrected chi connectivity index (χ2v) is 5.35. The first-order chi connectivity index (χ1) is 11.8. The molecule has 10 heteroatoms. The van der Waals surface area contributed by atoms with Gasteiger partial charge in [-0.2, -0.15) is 0 Å². The van der Waals surface area contributed by atoms with Crippen LogP contribution < -0.4 is 22.1 Å². The number of rotatable bonds is 10. The Bertz CT molecular complexity index is 622. The average Bonchev–Trinajstić information content (AvgIpc) is 2.56. The molecule has 1 aromatic heterocycles. The molecule has 0 radical (unpaired) electrons. The fraction of sp³-hybridized carbons (Fsp3) is 0.400. The predicted octanol–water partition coefficient (Wildman–Crippen LogP) is -2.10. The Kier molecular flexibility index (Phi) is 8.00. The van der Waals surface area contributed by atoms with Crippen LogP contribution in [0, 0.1) is 0 Å². The zero-order valence-electron chi connectivity index (χ0n) is 13.5. The van der Waals surface area contributed by atoms with Crippen molar-refractivity contribution in [3.8, 4) is 0 Å². The Morgan fingerprint density at radius 2 is 2.00 bits per heavy atom. The summed E-state index contributed by atoms with van der Waals surface area (Å²) in [5.41, 5.74) is 11.5. The van der Waals surface area contributed by atoms with Gasteiger partial charge in [0.2, 0.25) is 17.7 Å². The predicted molar refractivity (Wildman–Crippen MR) is 86.9 cm³/mol. The number of carboxylic acids is 1. The first-order valence-electron chi connectivity index (χ1n) is 7.52. The van der Waals surface area contributed by atoms with Crippen molar-refractivity contribution in [3.05, 3.63) is 30.1 Å². The van der Waals surface area contributed by atoms with Crippen LogP contribution in [0.3, 0.4) is 0 Å². The highest BCUT2D eigenvalue weighted by Gasteiger charge is 2.21. The van der Waals surface area contributed by atoms with Gasteiger partial charge in [-0.3, -0.25) is 19.4 Å². The highest BCUT2D eigenvalue weighted by atomic mass is 16.4. The summed E-state index contributed by atoms with van der Waals surface area (Å²) in [4.78, 5) is 49.2. The van der Waals surface area contributed by atoms with Gasteiger partial charge in [-0.1, -0.05) is 6.07 Å². The number of nitrogens with zero attached hydrogens (tertiary/aromatic N) is 1. The third-order valence-electron chi connectivity index (χ3n) is 3.25. The van der Waals surface area contributed by atoms with E-state index in [0.717, 1.165) is 5.56 Å². The molecule has 7 N–H and O–H groups in total. The van der Waals surface area contributed by atoms with Crippen LogP contribution in [0.2, 0.25) is 0 Å². The van der Waals surface area contributed by atoms with Gasteiger partial charge in [0, 0.05) is 18.8 Å². The van der Waals surface area contributed by atoms with E-state index in [0.29, 0.717) is 0 Å². The summed E-state index contributed by atoms with van der Waals surface area (Å²) in [5, 5.41) is 13.5. The third kappa shape index (κ3) is 7.88. The number of carbonyl (C=O) groups excluding carboxylic acids is 3. The van der Waals surface area contributed by atoms with Gasteiger partial charge in [0.15, 0.2) is 0 Å². The van der Waals surface area contributed by atoms with E-state index in [1.165, 1.54) is 0 Å². The van der Waals surface area contributed by atoms with Crippen LogP contribution in [-0.4, -0.2) is 52.4 Å². The van der Waals surface area contributed by atoms with Gasteiger partial charge in [-0.05, 0) is 24.5 Å². The van der Waals surface area contributed by atoms with Gasteiger partial charge >= 0.3 is 5.97 Å². The summed E-state index contributed by atoms with van der Waals surface area (Å²) in [6.45, 7) is -0.431. The van der Waals surface area contributed by atoms with Crippen molar-refractivity contribution in [1.82, 2.24) is 15.6 Å². The Morgan fingerprint density at radius 1 is 1.28 bits per heavy atom. The standard InChI is InChI=1S/C15H21N5O5/c16-10(6-9-2-1-5-18-7-9)14(23)19-8-13(22)20-11(15(24)25)3-4-12(17)21/h1-2,5,7,10-11H,3-4,6,8,16H2,(H2,17,21)(H,19,23)(H,20,22)(H,24,25)/t10-,11-/m0/s1. The maximum atomic E-state index is 11.9. The number of aliphatic carboxylic acids is 1. The monoisotopic (exact) mass is 351 g/mol. The molecule has 0 aliphatic rings. The lowest BCUT2D eigenvalue weighted by molar-refractivity contribution is -0.142. The van der Waals surface area contributed by atoms with Crippen molar-refractivity contribution in [3.63, 3.8) is 0 Å². The Balaban J connectivity index is 2.41. The average molecular weight is 351 g/mol. The fourth-order valence-electron chi connectivity index (χ4n) is 1.95. The number of pyridine rings is 1. The molecule has 0 saturated heterocycles. The normalized spacial score (nSPS) is 12.7. The molecule has 0 aliphatic heterocycles. The van der Waals surface area contributed by atoms with Gasteiger partial charge < -0.3 is 27.2 Å². The van der Waals surface area contributed by atoms with Crippen LogP contribution >= 0.6 is 0 Å². The maximum Gasteiger partial charge on any atom is 0.326 e. The van der Waals surface area contributed by atoms with Crippen molar-refractivity contribution in [2.24, 2.45) is 11.5 Å². The molecule has 1 heterocycles. The molecule has 1 aromatic rings. The fourth-order valence-corrected chi connectivity index (χ4v) is 1.95. The summed E-state index contributed by atoms with van der Waals surface area (Å²) in [5.74, 6) is -3.23. The minimum absolute atomic E-state index is 0.134. The molecule has 0 spiro atoms. The second kappa shape index (κ2) is 9.98. The summed E-state index contributed by atoms with van der Waals surface area (Å²) in [6.07, 6.45) is 3.11. The number of nitrogens with one attached hydrogen (secondary N) is 2. The summed E-state index contributed by atoms with van der Waals surface area (Å²) >= 11 is 0. The lowest BCUT2D eigenvalue weighted by Gasteiger charge is -2.15. The molecule has 10 nitrogen and oxygen atoms in total. The highest BCUT2D eigenvalue weighted by Crippen LogP contribution is 2.00. The largest absolute Gasteiger partial charge is 0.480 e. The molecule has 0 saturated carbocycles. The quantitative estimate of drug-likeness (QED) is 0.320. The Hall–Kier alpha value is -3.01. The van der Waals surface area contributed by atoms with Gasteiger partial charge in [0.25, 0.3) is 0 Å². The SMILES string of the molecule is NC(=O)CC[C@H](NC(=O)CNC(=O)[C@@H](N)Cc1cccnc1)C(=O)O. The second-order valence-electron chi connectivity index (χ2n) is 5.35. The number of aromatic nitrogens is 1. The summed E-state index contributed by atoms with van der Waals surface area (Å²) in [6, 6.07) is 1.34. The molecule has 0 bridgehead atoms. The first kappa shape index (κ1) is 20.0. The molecule has 0 aliphatic carbocycles. The minimum Gasteiger partial charge on any atom is -0.480 e. The van der Waals surface area contributed by atoms with E-state index in [9.17, 15) is 19.2 Å². The molecule has 25 heavy (non-hydrogen) atoms. The molecule has 0 aromatic carbocycles. The number of carboxylic acid groups (broad SMARTS) is 1. The van der Waals surface area contributed by atoms with E-state index in [2.05, 4.69) is 15.6 Å². The topological polar surface area (TPSA) is 177 Å². The molecule has 3 amide bonds. The van der Waals surface area contributed by atoms with Crippen LogP contribution in [0.25, 0.3) is 0 Å². The molecular formula is C15H21N5O5. The van der Waals surface area contributed by atoms with Crippen molar-refractivity contribution >= 4 is 23.7 Å². The molecule has 1 rings (SSSR count). The zero-order chi connectivity index (χ0) is 18.8. The Labute approximate surface area is 144 Å². The van der Waals surface area contributed by atoms with Crippen molar-refractivity contribution in [1.29, 1.82) is 0 Å². The molecular weight excluding hydrogens is 330 g/mol. The number of hydrogen-bond donors (Lipinski definition) is 5. The van der Waals surface area contributed by atoms with Gasteiger partial charge in [-0.25, -0.2) is 4.79 Å². The van der Waals surface area contributed by atoms with Crippen LogP contribution in [0.4, 0.5) is 0 Å². The van der Waals surface area contributed by atoms with E-state index in [1.807, 2.05) is 0 Å². The number of primary amides is 1. The maximum absolute atomic E-state index is 11.9. The molecule has 2 atom stereocenters. The van der Waals surface area contributed by atoms with E-state index < -0.39 is 42.3 Å². The summed E-state index contributed by atoms with van der Waals surface area (Å²) in [7, 11) is 0. The summed E-state index contributed by atoms with van der Waals surface area (Å²) < 4.78 is 0.